The van der Waals surface area contributed by atoms with Gasteiger partial charge in [-0.15, -0.1) is 0 Å². The third kappa shape index (κ3) is 1.94. The van der Waals surface area contributed by atoms with Crippen molar-refractivity contribution in [1.29, 1.82) is 5.26 Å². The molecule has 0 aromatic carbocycles. The van der Waals surface area contributed by atoms with E-state index in [1.807, 2.05) is 0 Å². The third-order valence-electron chi connectivity index (χ3n) is 2.94. The SMILES string of the molecule is N#CC1(Cn2ncc(Br)c(Br)c2=O)CCC1. The Hall–Kier alpha value is -0.670. The van der Waals surface area contributed by atoms with Gasteiger partial charge in [0.25, 0.3) is 5.56 Å². The van der Waals surface area contributed by atoms with E-state index in [9.17, 15) is 4.79 Å². The fraction of sp³-hybridized carbons (Fsp3) is 0.500. The van der Waals surface area contributed by atoms with Gasteiger partial charge in [0.05, 0.1) is 28.7 Å². The molecule has 0 bridgehead atoms. The molecule has 6 heteroatoms. The van der Waals surface area contributed by atoms with Crippen LogP contribution in [0.4, 0.5) is 0 Å². The van der Waals surface area contributed by atoms with Crippen molar-refractivity contribution in [3.05, 3.63) is 25.5 Å². The van der Waals surface area contributed by atoms with Crippen molar-refractivity contribution in [2.24, 2.45) is 5.41 Å². The van der Waals surface area contributed by atoms with Gasteiger partial charge in [-0.1, -0.05) is 6.42 Å². The molecule has 1 aromatic rings. The molecule has 0 aliphatic heterocycles. The lowest BCUT2D eigenvalue weighted by molar-refractivity contribution is 0.171. The van der Waals surface area contributed by atoms with E-state index in [1.165, 1.54) is 4.68 Å². The molecule has 0 radical (unpaired) electrons. The van der Waals surface area contributed by atoms with Crippen LogP contribution in [0.2, 0.25) is 0 Å². The molecular formula is C10H9Br2N3O. The molecule has 0 spiro atoms. The lowest BCUT2D eigenvalue weighted by atomic mass is 9.70. The summed E-state index contributed by atoms with van der Waals surface area (Å²) in [6.07, 6.45) is 4.33. The van der Waals surface area contributed by atoms with Crippen LogP contribution in [0, 0.1) is 16.7 Å². The molecular weight excluding hydrogens is 338 g/mol. The van der Waals surface area contributed by atoms with E-state index in [4.69, 9.17) is 5.26 Å². The van der Waals surface area contributed by atoms with Crippen molar-refractivity contribution in [3.8, 4) is 6.07 Å². The van der Waals surface area contributed by atoms with Crippen molar-refractivity contribution in [2.45, 2.75) is 25.8 Å². The number of halogens is 2. The molecule has 1 aliphatic rings. The summed E-state index contributed by atoms with van der Waals surface area (Å²) in [5, 5.41) is 13.1. The van der Waals surface area contributed by atoms with Crippen LogP contribution >= 0.6 is 31.9 Å². The highest BCUT2D eigenvalue weighted by atomic mass is 79.9. The lowest BCUT2D eigenvalue weighted by Crippen LogP contribution is -2.37. The first-order chi connectivity index (χ1) is 7.58. The van der Waals surface area contributed by atoms with Crippen molar-refractivity contribution in [2.75, 3.05) is 0 Å². The highest BCUT2D eigenvalue weighted by Crippen LogP contribution is 2.41. The van der Waals surface area contributed by atoms with E-state index >= 15 is 0 Å². The molecule has 16 heavy (non-hydrogen) atoms. The standard InChI is InChI=1S/C10H9Br2N3O/c11-7-4-14-15(9(16)8(7)12)6-10(5-13)2-1-3-10/h4H,1-3,6H2. The molecule has 0 unspecified atom stereocenters. The second kappa shape index (κ2) is 4.30. The lowest BCUT2D eigenvalue weighted by Gasteiger charge is -2.34. The summed E-state index contributed by atoms with van der Waals surface area (Å²) in [6.45, 7) is 0.383. The van der Waals surface area contributed by atoms with Crippen molar-refractivity contribution in [1.82, 2.24) is 9.78 Å². The molecule has 4 nitrogen and oxygen atoms in total. The Morgan fingerprint density at radius 2 is 2.25 bits per heavy atom. The van der Waals surface area contributed by atoms with Crippen LogP contribution in [-0.2, 0) is 6.54 Å². The first-order valence-corrected chi connectivity index (χ1v) is 6.49. The zero-order valence-corrected chi connectivity index (χ0v) is 11.6. The van der Waals surface area contributed by atoms with Crippen LogP contribution in [0.25, 0.3) is 0 Å². The average molecular weight is 347 g/mol. The summed E-state index contributed by atoms with van der Waals surface area (Å²) in [5.74, 6) is 0. The Kier molecular flexibility index (Phi) is 3.17. The molecule has 1 fully saturated rings. The number of hydrogen-bond donors (Lipinski definition) is 0. The monoisotopic (exact) mass is 345 g/mol. The van der Waals surface area contributed by atoms with Crippen LogP contribution in [0.3, 0.4) is 0 Å². The van der Waals surface area contributed by atoms with Crippen molar-refractivity contribution >= 4 is 31.9 Å². The maximum atomic E-state index is 11.8. The van der Waals surface area contributed by atoms with Gasteiger partial charge in [0.1, 0.15) is 4.47 Å². The molecule has 0 N–H and O–H groups in total. The Labute approximate surface area is 110 Å². The van der Waals surface area contributed by atoms with Crippen LogP contribution in [0.15, 0.2) is 19.9 Å². The van der Waals surface area contributed by atoms with Gasteiger partial charge in [-0.05, 0) is 44.7 Å². The van der Waals surface area contributed by atoms with Crippen molar-refractivity contribution < 1.29 is 0 Å². The Balaban J connectivity index is 2.33. The van der Waals surface area contributed by atoms with Gasteiger partial charge in [-0.2, -0.15) is 10.4 Å². The summed E-state index contributed by atoms with van der Waals surface area (Å²) < 4.78 is 2.44. The number of hydrogen-bond acceptors (Lipinski definition) is 3. The molecule has 0 amide bonds. The van der Waals surface area contributed by atoms with Crippen LogP contribution in [-0.4, -0.2) is 9.78 Å². The van der Waals surface area contributed by atoms with E-state index in [1.54, 1.807) is 6.20 Å². The van der Waals surface area contributed by atoms with Crippen molar-refractivity contribution in [3.63, 3.8) is 0 Å². The molecule has 1 saturated carbocycles. The van der Waals surface area contributed by atoms with Gasteiger partial charge in [-0.3, -0.25) is 4.79 Å². The van der Waals surface area contributed by atoms with E-state index in [0.29, 0.717) is 15.5 Å². The zero-order chi connectivity index (χ0) is 11.8. The predicted molar refractivity (Wildman–Crippen MR) is 65.8 cm³/mol. The van der Waals surface area contributed by atoms with E-state index in [0.717, 1.165) is 19.3 Å². The summed E-state index contributed by atoms with van der Waals surface area (Å²) in [7, 11) is 0. The van der Waals surface area contributed by atoms with Gasteiger partial charge in [0.15, 0.2) is 0 Å². The highest BCUT2D eigenvalue weighted by molar-refractivity contribution is 9.13. The molecule has 0 saturated heterocycles. The maximum Gasteiger partial charge on any atom is 0.282 e. The minimum atomic E-state index is -0.385. The number of nitriles is 1. The maximum absolute atomic E-state index is 11.8. The topological polar surface area (TPSA) is 58.7 Å². The second-order valence-electron chi connectivity index (χ2n) is 4.01. The number of rotatable bonds is 2. The van der Waals surface area contributed by atoms with E-state index < -0.39 is 0 Å². The van der Waals surface area contributed by atoms with Gasteiger partial charge >= 0.3 is 0 Å². The molecule has 0 atom stereocenters. The van der Waals surface area contributed by atoms with Crippen LogP contribution < -0.4 is 5.56 Å². The second-order valence-corrected chi connectivity index (χ2v) is 5.66. The average Bonchev–Trinajstić information content (AvgIpc) is 2.23. The zero-order valence-electron chi connectivity index (χ0n) is 8.41. The molecule has 84 valence electrons. The molecule has 1 heterocycles. The normalized spacial score (nSPS) is 17.6. The van der Waals surface area contributed by atoms with Gasteiger partial charge in [-0.25, -0.2) is 4.68 Å². The fourth-order valence-corrected chi connectivity index (χ4v) is 2.32. The number of nitrogens with zero attached hydrogens (tertiary/aromatic N) is 3. The predicted octanol–water partition coefficient (Wildman–Crippen LogP) is 2.46. The van der Waals surface area contributed by atoms with Crippen LogP contribution in [0.5, 0.6) is 0 Å². The van der Waals surface area contributed by atoms with Gasteiger partial charge < -0.3 is 0 Å². The summed E-state index contributed by atoms with van der Waals surface area (Å²) in [4.78, 5) is 11.8. The number of aromatic nitrogens is 2. The smallest absolute Gasteiger partial charge is 0.266 e. The summed E-state index contributed by atoms with van der Waals surface area (Å²) in [5.41, 5.74) is -0.583. The Bertz CT molecular complexity index is 514. The Morgan fingerprint density at radius 1 is 1.56 bits per heavy atom. The molecule has 1 aliphatic carbocycles. The molecule has 1 aromatic heterocycles. The van der Waals surface area contributed by atoms with E-state index in [2.05, 4.69) is 43.0 Å². The minimum absolute atomic E-state index is 0.198. The third-order valence-corrected chi connectivity index (χ3v) is 4.84. The van der Waals surface area contributed by atoms with Gasteiger partial charge in [0, 0.05) is 0 Å². The summed E-state index contributed by atoms with van der Waals surface area (Å²) in [6, 6.07) is 2.30. The fourth-order valence-electron chi connectivity index (χ4n) is 1.75. The van der Waals surface area contributed by atoms with Crippen LogP contribution in [0.1, 0.15) is 19.3 Å². The first kappa shape index (κ1) is 11.8. The summed E-state index contributed by atoms with van der Waals surface area (Å²) >= 11 is 6.42. The van der Waals surface area contributed by atoms with Gasteiger partial charge in [0.2, 0.25) is 0 Å². The first-order valence-electron chi connectivity index (χ1n) is 4.90. The Morgan fingerprint density at radius 3 is 2.75 bits per heavy atom. The molecule has 2 rings (SSSR count). The van der Waals surface area contributed by atoms with E-state index in [-0.39, 0.29) is 11.0 Å². The largest absolute Gasteiger partial charge is 0.282 e. The minimum Gasteiger partial charge on any atom is -0.266 e. The highest BCUT2D eigenvalue weighted by Gasteiger charge is 2.38. The quantitative estimate of drug-likeness (QED) is 0.826.